The van der Waals surface area contributed by atoms with Crippen molar-refractivity contribution in [1.82, 2.24) is 0 Å². The van der Waals surface area contributed by atoms with Crippen LogP contribution in [0.25, 0.3) is 0 Å². The molecule has 3 nitrogen and oxygen atoms in total. The van der Waals surface area contributed by atoms with Gasteiger partial charge in [0.2, 0.25) is 5.78 Å². The van der Waals surface area contributed by atoms with E-state index in [9.17, 15) is 4.79 Å². The Morgan fingerprint density at radius 3 is 2.92 bits per heavy atom. The predicted molar refractivity (Wildman–Crippen MR) is 51.4 cm³/mol. The minimum absolute atomic E-state index is 0.182. The maximum Gasteiger partial charge on any atom is 0.211 e. The Hall–Kier alpha value is -1.16. The van der Waals surface area contributed by atoms with Crippen LogP contribution in [0.2, 0.25) is 0 Å². The number of benzene rings is 1. The van der Waals surface area contributed by atoms with E-state index >= 15 is 0 Å². The van der Waals surface area contributed by atoms with Crippen molar-refractivity contribution in [2.24, 2.45) is 5.16 Å². The molecule has 0 spiro atoms. The van der Waals surface area contributed by atoms with Gasteiger partial charge < -0.3 is 5.21 Å². The molecule has 0 amide bonds. The van der Waals surface area contributed by atoms with Gasteiger partial charge in [-0.3, -0.25) is 4.79 Å². The molecule has 1 N–H and O–H groups in total. The van der Waals surface area contributed by atoms with Crippen molar-refractivity contribution in [2.45, 2.75) is 6.42 Å². The van der Waals surface area contributed by atoms with Crippen molar-refractivity contribution in [2.75, 3.05) is 0 Å². The molecule has 0 aliphatic heterocycles. The molecule has 1 aliphatic carbocycles. The average molecular weight is 240 g/mol. The average Bonchev–Trinajstić information content (AvgIpc) is 2.44. The number of carbonyl (C=O) groups is 1. The number of nitrogens with zero attached hydrogens (tertiary/aromatic N) is 1. The summed E-state index contributed by atoms with van der Waals surface area (Å²) in [5.41, 5.74) is 1.76. The fraction of sp³-hybridized carbons (Fsp3) is 0.111. The molecule has 0 aromatic heterocycles. The quantitative estimate of drug-likeness (QED) is 0.557. The highest BCUT2D eigenvalue weighted by Crippen LogP contribution is 2.23. The van der Waals surface area contributed by atoms with E-state index in [1.54, 1.807) is 6.07 Å². The second-order valence-corrected chi connectivity index (χ2v) is 3.77. The fourth-order valence-corrected chi connectivity index (χ4v) is 1.77. The first kappa shape index (κ1) is 8.44. The third-order valence-corrected chi connectivity index (χ3v) is 2.55. The zero-order valence-corrected chi connectivity index (χ0v) is 8.21. The summed E-state index contributed by atoms with van der Waals surface area (Å²) in [6.45, 7) is 0. The Bertz CT molecular complexity index is 412. The third kappa shape index (κ3) is 1.27. The van der Waals surface area contributed by atoms with Crippen molar-refractivity contribution in [3.05, 3.63) is 33.8 Å². The topological polar surface area (TPSA) is 49.7 Å². The van der Waals surface area contributed by atoms with Crippen LogP contribution in [-0.2, 0) is 6.42 Å². The first-order chi connectivity index (χ1) is 6.22. The number of ketones is 1. The van der Waals surface area contributed by atoms with E-state index in [0.717, 1.165) is 10.0 Å². The van der Waals surface area contributed by atoms with Crippen LogP contribution in [0, 0.1) is 0 Å². The summed E-state index contributed by atoms with van der Waals surface area (Å²) in [5.74, 6) is -0.182. The summed E-state index contributed by atoms with van der Waals surface area (Å²) in [7, 11) is 0. The largest absolute Gasteiger partial charge is 0.411 e. The van der Waals surface area contributed by atoms with E-state index in [1.807, 2.05) is 12.1 Å². The van der Waals surface area contributed by atoms with E-state index in [1.165, 1.54) is 0 Å². The van der Waals surface area contributed by atoms with E-state index in [2.05, 4.69) is 21.1 Å². The first-order valence-electron chi connectivity index (χ1n) is 3.76. The molecule has 1 aromatic carbocycles. The van der Waals surface area contributed by atoms with Crippen LogP contribution >= 0.6 is 15.9 Å². The van der Waals surface area contributed by atoms with E-state index in [0.29, 0.717) is 12.0 Å². The molecule has 0 saturated heterocycles. The summed E-state index contributed by atoms with van der Waals surface area (Å²) >= 11 is 3.28. The number of hydrogen-bond acceptors (Lipinski definition) is 3. The van der Waals surface area contributed by atoms with E-state index in [4.69, 9.17) is 5.21 Å². The van der Waals surface area contributed by atoms with Crippen molar-refractivity contribution in [3.63, 3.8) is 0 Å². The maximum absolute atomic E-state index is 11.5. The van der Waals surface area contributed by atoms with Crippen LogP contribution in [0.4, 0.5) is 0 Å². The lowest BCUT2D eigenvalue weighted by Gasteiger charge is -1.95. The molecule has 4 heteroatoms. The van der Waals surface area contributed by atoms with Gasteiger partial charge in [0.05, 0.1) is 0 Å². The standard InChI is InChI=1S/C9H6BrNO2/c10-6-2-1-5-3-8(11-13)9(12)7(5)4-6/h1-2,4,13H,3H2. The molecule has 0 saturated carbocycles. The number of oxime groups is 1. The van der Waals surface area contributed by atoms with Gasteiger partial charge in [-0.2, -0.15) is 0 Å². The molecule has 0 radical (unpaired) electrons. The second kappa shape index (κ2) is 2.96. The number of hydrogen-bond donors (Lipinski definition) is 1. The smallest absolute Gasteiger partial charge is 0.211 e. The zero-order chi connectivity index (χ0) is 9.42. The number of carbonyl (C=O) groups excluding carboxylic acids is 1. The van der Waals surface area contributed by atoms with Gasteiger partial charge in [-0.1, -0.05) is 27.2 Å². The van der Waals surface area contributed by atoms with Gasteiger partial charge in [-0.25, -0.2) is 0 Å². The number of rotatable bonds is 0. The molecular formula is C9H6BrNO2. The highest BCUT2D eigenvalue weighted by atomic mass is 79.9. The highest BCUT2D eigenvalue weighted by Gasteiger charge is 2.26. The van der Waals surface area contributed by atoms with Gasteiger partial charge in [0.1, 0.15) is 5.71 Å². The SMILES string of the molecule is O=C1C(=NO)Cc2ccc(Br)cc21. The zero-order valence-electron chi connectivity index (χ0n) is 6.62. The lowest BCUT2D eigenvalue weighted by Crippen LogP contribution is -2.06. The van der Waals surface area contributed by atoms with Crippen LogP contribution in [0.5, 0.6) is 0 Å². The van der Waals surface area contributed by atoms with Crippen molar-refractivity contribution in [1.29, 1.82) is 0 Å². The first-order valence-corrected chi connectivity index (χ1v) is 4.55. The summed E-state index contributed by atoms with van der Waals surface area (Å²) < 4.78 is 0.860. The third-order valence-electron chi connectivity index (χ3n) is 2.06. The Labute approximate surface area is 83.2 Å². The summed E-state index contributed by atoms with van der Waals surface area (Å²) in [4.78, 5) is 11.5. The predicted octanol–water partition coefficient (Wildman–Crippen LogP) is 2.02. The monoisotopic (exact) mass is 239 g/mol. The van der Waals surface area contributed by atoms with Crippen LogP contribution < -0.4 is 0 Å². The molecule has 66 valence electrons. The van der Waals surface area contributed by atoms with Gasteiger partial charge in [-0.15, -0.1) is 0 Å². The normalized spacial score (nSPS) is 17.9. The number of halogens is 1. The molecule has 1 aliphatic rings. The highest BCUT2D eigenvalue weighted by molar-refractivity contribution is 9.10. The molecule has 13 heavy (non-hydrogen) atoms. The summed E-state index contributed by atoms with van der Waals surface area (Å²) in [6, 6.07) is 5.47. The van der Waals surface area contributed by atoms with Crippen molar-refractivity contribution in [3.8, 4) is 0 Å². The molecule has 0 fully saturated rings. The second-order valence-electron chi connectivity index (χ2n) is 2.85. The Morgan fingerprint density at radius 2 is 2.23 bits per heavy atom. The lowest BCUT2D eigenvalue weighted by atomic mass is 10.1. The van der Waals surface area contributed by atoms with Gasteiger partial charge in [0, 0.05) is 16.5 Å². The van der Waals surface area contributed by atoms with Crippen LogP contribution in [0.3, 0.4) is 0 Å². The maximum atomic E-state index is 11.5. The summed E-state index contributed by atoms with van der Waals surface area (Å²) in [6.07, 6.45) is 0.429. The van der Waals surface area contributed by atoms with Crippen LogP contribution in [0.15, 0.2) is 27.8 Å². The van der Waals surface area contributed by atoms with Crippen LogP contribution in [-0.4, -0.2) is 16.7 Å². The lowest BCUT2D eigenvalue weighted by molar-refractivity contribution is 0.106. The molecule has 0 heterocycles. The van der Waals surface area contributed by atoms with E-state index in [-0.39, 0.29) is 11.5 Å². The molecular weight excluding hydrogens is 234 g/mol. The minimum Gasteiger partial charge on any atom is -0.411 e. The van der Waals surface area contributed by atoms with Crippen molar-refractivity contribution >= 4 is 27.4 Å². The molecule has 1 aromatic rings. The van der Waals surface area contributed by atoms with Gasteiger partial charge in [0.15, 0.2) is 0 Å². The van der Waals surface area contributed by atoms with E-state index < -0.39 is 0 Å². The minimum atomic E-state index is -0.182. The molecule has 0 atom stereocenters. The Morgan fingerprint density at radius 1 is 1.46 bits per heavy atom. The van der Waals surface area contributed by atoms with Gasteiger partial charge in [0.25, 0.3) is 0 Å². The van der Waals surface area contributed by atoms with Crippen LogP contribution in [0.1, 0.15) is 15.9 Å². The number of fused-ring (bicyclic) bond motifs is 1. The Balaban J connectivity index is 2.57. The molecule has 0 bridgehead atoms. The molecule has 0 unspecified atom stereocenters. The Kier molecular flexibility index (Phi) is 1.92. The summed E-state index contributed by atoms with van der Waals surface area (Å²) in [5, 5.41) is 11.5. The fourth-order valence-electron chi connectivity index (χ4n) is 1.41. The van der Waals surface area contributed by atoms with Crippen molar-refractivity contribution < 1.29 is 10.0 Å². The molecule has 2 rings (SSSR count). The van der Waals surface area contributed by atoms with Gasteiger partial charge >= 0.3 is 0 Å². The number of Topliss-reactive ketones (excluding diaryl/α,β-unsaturated/α-hetero) is 1. The van der Waals surface area contributed by atoms with Gasteiger partial charge in [-0.05, 0) is 17.7 Å².